The topological polar surface area (TPSA) is 105 Å². The maximum atomic E-state index is 12.0. The molecule has 0 atom stereocenters. The lowest BCUT2D eigenvalue weighted by Gasteiger charge is -2.17. The van der Waals surface area contributed by atoms with Crippen LogP contribution in [-0.2, 0) is 15.4 Å². The van der Waals surface area contributed by atoms with E-state index in [1.807, 2.05) is 20.8 Å². The number of hydrogen-bond acceptors (Lipinski definition) is 5. The van der Waals surface area contributed by atoms with E-state index in [9.17, 15) is 13.2 Å². The lowest BCUT2D eigenvalue weighted by Crippen LogP contribution is -2.34. The predicted octanol–water partition coefficient (Wildman–Crippen LogP) is 2.92. The Kier molecular flexibility index (Phi) is 6.48. The Bertz CT molecular complexity index is 900. The van der Waals surface area contributed by atoms with Gasteiger partial charge in [0.05, 0.1) is 6.26 Å². The number of oxazole rings is 1. The first-order chi connectivity index (χ1) is 12.5. The molecule has 2 N–H and O–H groups in total. The molecule has 9 heteroatoms. The number of carbonyl (C=O) groups is 1. The van der Waals surface area contributed by atoms with Crippen molar-refractivity contribution < 1.29 is 17.6 Å². The van der Waals surface area contributed by atoms with Crippen molar-refractivity contribution >= 4 is 32.8 Å². The third-order valence-corrected chi connectivity index (χ3v) is 5.36. The zero-order valence-electron chi connectivity index (χ0n) is 16.5. The molecule has 2 amide bonds. The van der Waals surface area contributed by atoms with Gasteiger partial charge in [0.15, 0.2) is 5.58 Å². The summed E-state index contributed by atoms with van der Waals surface area (Å²) in [5, 5.41) is 5.48. The van der Waals surface area contributed by atoms with Crippen LogP contribution >= 0.6 is 0 Å². The van der Waals surface area contributed by atoms with Crippen LogP contribution in [-0.4, -0.2) is 49.6 Å². The number of carbonyl (C=O) groups excluding carboxylic acids is 1. The quantitative estimate of drug-likeness (QED) is 0.700. The Morgan fingerprint density at radius 3 is 2.59 bits per heavy atom. The van der Waals surface area contributed by atoms with Crippen LogP contribution in [0, 0.1) is 0 Å². The van der Waals surface area contributed by atoms with Crippen LogP contribution < -0.4 is 10.6 Å². The summed E-state index contributed by atoms with van der Waals surface area (Å²) < 4.78 is 30.1. The largest absolute Gasteiger partial charge is 0.440 e. The minimum absolute atomic E-state index is 0.192. The average molecular weight is 397 g/mol. The van der Waals surface area contributed by atoms with Gasteiger partial charge in [0, 0.05) is 30.7 Å². The molecule has 0 spiro atoms. The molecule has 0 bridgehead atoms. The van der Waals surface area contributed by atoms with Crippen LogP contribution in [0.1, 0.15) is 40.0 Å². The van der Waals surface area contributed by atoms with E-state index in [0.717, 1.165) is 0 Å². The van der Waals surface area contributed by atoms with Crippen LogP contribution in [0.3, 0.4) is 0 Å². The minimum Gasteiger partial charge on any atom is -0.440 e. The highest BCUT2D eigenvalue weighted by Gasteiger charge is 2.21. The Hall–Kier alpha value is -2.13. The molecule has 150 valence electrons. The molecule has 2 rings (SSSR count). The van der Waals surface area contributed by atoms with E-state index < -0.39 is 10.0 Å². The van der Waals surface area contributed by atoms with E-state index >= 15 is 0 Å². The summed E-state index contributed by atoms with van der Waals surface area (Å²) in [5.41, 5.74) is 1.78. The number of fused-ring (bicyclic) bond motifs is 1. The average Bonchev–Trinajstić information content (AvgIpc) is 2.97. The Balaban J connectivity index is 1.88. The lowest BCUT2D eigenvalue weighted by atomic mass is 9.97. The van der Waals surface area contributed by atoms with Crippen molar-refractivity contribution in [3.8, 4) is 0 Å². The standard InChI is InChI=1S/C18H28N4O4S/c1-6-22(27(5,24)25)11-7-10-19-17(23)20-13-8-9-15-14(12-13)21-16(26-15)18(2,3)4/h8-9,12H,6-7,10-11H2,1-5H3,(H2,19,20,23). The molecule has 0 radical (unpaired) electrons. The van der Waals surface area contributed by atoms with Crippen molar-refractivity contribution in [2.75, 3.05) is 31.2 Å². The minimum atomic E-state index is -3.20. The van der Waals surface area contributed by atoms with E-state index in [0.29, 0.717) is 48.7 Å². The number of amides is 2. The number of rotatable bonds is 7. The third kappa shape index (κ3) is 5.93. The smallest absolute Gasteiger partial charge is 0.319 e. The highest BCUT2D eigenvalue weighted by atomic mass is 32.2. The maximum Gasteiger partial charge on any atom is 0.319 e. The van der Waals surface area contributed by atoms with Crippen LogP contribution in [0.5, 0.6) is 0 Å². The van der Waals surface area contributed by atoms with Crippen molar-refractivity contribution in [2.24, 2.45) is 0 Å². The third-order valence-electron chi connectivity index (χ3n) is 3.98. The summed E-state index contributed by atoms with van der Waals surface area (Å²) in [7, 11) is -3.20. The van der Waals surface area contributed by atoms with Crippen molar-refractivity contribution in [3.05, 3.63) is 24.1 Å². The second-order valence-electron chi connectivity index (χ2n) is 7.44. The zero-order chi connectivity index (χ0) is 20.2. The highest BCUT2D eigenvalue weighted by Crippen LogP contribution is 2.27. The molecule has 8 nitrogen and oxygen atoms in total. The second-order valence-corrected chi connectivity index (χ2v) is 9.42. The predicted molar refractivity (Wildman–Crippen MR) is 106 cm³/mol. The molecule has 0 aliphatic heterocycles. The summed E-state index contributed by atoms with van der Waals surface area (Å²) in [6, 6.07) is 4.94. The van der Waals surface area contributed by atoms with Gasteiger partial charge in [0.1, 0.15) is 5.52 Å². The Labute approximate surface area is 160 Å². The summed E-state index contributed by atoms with van der Waals surface area (Å²) in [6.45, 7) is 9.01. The van der Waals surface area contributed by atoms with Gasteiger partial charge in [-0.15, -0.1) is 0 Å². The van der Waals surface area contributed by atoms with Gasteiger partial charge >= 0.3 is 6.03 Å². The van der Waals surface area contributed by atoms with Gasteiger partial charge in [-0.25, -0.2) is 22.5 Å². The number of benzene rings is 1. The van der Waals surface area contributed by atoms with Gasteiger partial charge in [-0.1, -0.05) is 27.7 Å². The van der Waals surface area contributed by atoms with Gasteiger partial charge in [0.25, 0.3) is 0 Å². The molecular formula is C18H28N4O4S. The fraction of sp³-hybridized carbons (Fsp3) is 0.556. The van der Waals surface area contributed by atoms with Gasteiger partial charge in [0.2, 0.25) is 15.9 Å². The first-order valence-electron chi connectivity index (χ1n) is 8.91. The SMILES string of the molecule is CCN(CCCNC(=O)Nc1ccc2oc(C(C)(C)C)nc2c1)S(C)(=O)=O. The molecule has 0 aliphatic carbocycles. The molecule has 0 unspecified atom stereocenters. The Morgan fingerprint density at radius 1 is 1.30 bits per heavy atom. The lowest BCUT2D eigenvalue weighted by molar-refractivity contribution is 0.251. The van der Waals surface area contributed by atoms with Gasteiger partial charge < -0.3 is 15.1 Å². The summed E-state index contributed by atoms with van der Waals surface area (Å²) >= 11 is 0. The number of aromatic nitrogens is 1. The first kappa shape index (κ1) is 21.2. The van der Waals surface area contributed by atoms with Crippen molar-refractivity contribution in [1.29, 1.82) is 0 Å². The second kappa shape index (κ2) is 8.26. The molecule has 0 fully saturated rings. The van der Waals surface area contributed by atoms with E-state index in [1.165, 1.54) is 10.6 Å². The van der Waals surface area contributed by atoms with Crippen LogP contribution in [0.4, 0.5) is 10.5 Å². The van der Waals surface area contributed by atoms with Gasteiger partial charge in [-0.3, -0.25) is 0 Å². The van der Waals surface area contributed by atoms with Crippen molar-refractivity contribution in [3.63, 3.8) is 0 Å². The molecule has 1 heterocycles. The van der Waals surface area contributed by atoms with Crippen LogP contribution in [0.25, 0.3) is 11.1 Å². The molecule has 0 saturated carbocycles. The molecule has 2 aromatic rings. The highest BCUT2D eigenvalue weighted by molar-refractivity contribution is 7.88. The van der Waals surface area contributed by atoms with E-state index in [-0.39, 0.29) is 11.4 Å². The van der Waals surface area contributed by atoms with Crippen molar-refractivity contribution in [1.82, 2.24) is 14.6 Å². The normalized spacial score (nSPS) is 12.5. The van der Waals surface area contributed by atoms with Gasteiger partial charge in [-0.05, 0) is 24.6 Å². The molecule has 0 aliphatic rings. The molecule has 27 heavy (non-hydrogen) atoms. The number of hydrogen-bond donors (Lipinski definition) is 2. The number of urea groups is 1. The number of sulfonamides is 1. The summed E-state index contributed by atoms with van der Waals surface area (Å²) in [6.07, 6.45) is 1.72. The number of anilines is 1. The van der Waals surface area contributed by atoms with Gasteiger partial charge in [-0.2, -0.15) is 0 Å². The fourth-order valence-corrected chi connectivity index (χ4v) is 3.45. The van der Waals surface area contributed by atoms with Crippen LogP contribution in [0.2, 0.25) is 0 Å². The molecule has 1 aromatic carbocycles. The Morgan fingerprint density at radius 2 is 2.00 bits per heavy atom. The molecular weight excluding hydrogens is 368 g/mol. The van der Waals surface area contributed by atoms with Crippen molar-refractivity contribution in [2.45, 2.75) is 39.5 Å². The zero-order valence-corrected chi connectivity index (χ0v) is 17.3. The number of nitrogens with one attached hydrogen (secondary N) is 2. The summed E-state index contributed by atoms with van der Waals surface area (Å²) in [5.74, 6) is 0.644. The van der Waals surface area contributed by atoms with E-state index in [4.69, 9.17) is 4.42 Å². The first-order valence-corrected chi connectivity index (χ1v) is 10.8. The fourth-order valence-electron chi connectivity index (χ4n) is 2.52. The van der Waals surface area contributed by atoms with E-state index in [2.05, 4.69) is 15.6 Å². The number of nitrogens with zero attached hydrogens (tertiary/aromatic N) is 2. The molecule has 0 saturated heterocycles. The monoisotopic (exact) mass is 396 g/mol. The summed E-state index contributed by atoms with van der Waals surface area (Å²) in [4.78, 5) is 16.5. The molecule has 1 aromatic heterocycles. The van der Waals surface area contributed by atoms with Crippen LogP contribution in [0.15, 0.2) is 22.6 Å². The van der Waals surface area contributed by atoms with E-state index in [1.54, 1.807) is 25.1 Å². The maximum absolute atomic E-state index is 12.0.